The molecule has 28 heavy (non-hydrogen) atoms. The van der Waals surface area contributed by atoms with E-state index in [1.807, 2.05) is 18.3 Å². The van der Waals surface area contributed by atoms with E-state index in [-0.39, 0.29) is 0 Å². The molecule has 1 saturated carbocycles. The van der Waals surface area contributed by atoms with Gasteiger partial charge in [-0.2, -0.15) is 10.2 Å². The lowest BCUT2D eigenvalue weighted by Gasteiger charge is -2.27. The minimum Gasteiger partial charge on any atom is -0.381 e. The van der Waals surface area contributed by atoms with Gasteiger partial charge in [-0.15, -0.1) is 0 Å². The van der Waals surface area contributed by atoms with Gasteiger partial charge in [-0.3, -0.25) is 4.98 Å². The van der Waals surface area contributed by atoms with Gasteiger partial charge in [-0.05, 0) is 80.0 Å². The van der Waals surface area contributed by atoms with Gasteiger partial charge in [0, 0.05) is 50.8 Å². The smallest absolute Gasteiger partial charge is 0.0945 e. The van der Waals surface area contributed by atoms with Crippen molar-refractivity contribution in [2.24, 2.45) is 23.7 Å². The zero-order chi connectivity index (χ0) is 18.8. The van der Waals surface area contributed by atoms with Gasteiger partial charge in [0.05, 0.1) is 11.4 Å². The van der Waals surface area contributed by atoms with Crippen LogP contribution in [0.5, 0.6) is 0 Å². The second-order valence-electron chi connectivity index (χ2n) is 8.99. The van der Waals surface area contributed by atoms with Crippen LogP contribution in [0.3, 0.4) is 0 Å². The van der Waals surface area contributed by atoms with Gasteiger partial charge in [-0.25, -0.2) is 0 Å². The van der Waals surface area contributed by atoms with Crippen molar-refractivity contribution in [3.8, 4) is 11.3 Å². The Morgan fingerprint density at radius 1 is 0.964 bits per heavy atom. The quantitative estimate of drug-likeness (QED) is 0.797. The zero-order valence-corrected chi connectivity index (χ0v) is 16.5. The fourth-order valence-electron chi connectivity index (χ4n) is 5.57. The summed E-state index contributed by atoms with van der Waals surface area (Å²) in [6, 6.07) is 8.21. The van der Waals surface area contributed by atoms with Crippen molar-refractivity contribution >= 4 is 0 Å². The molecule has 2 aliphatic heterocycles. The molecule has 0 bridgehead atoms. The van der Waals surface area contributed by atoms with Crippen LogP contribution < -0.4 is 0 Å². The molecule has 148 valence electrons. The van der Waals surface area contributed by atoms with E-state index >= 15 is 0 Å². The maximum atomic E-state index is 5.51. The van der Waals surface area contributed by atoms with Crippen LogP contribution in [0.15, 0.2) is 36.7 Å². The number of pyridine rings is 1. The molecule has 2 saturated heterocycles. The number of hydrogen-bond acceptors (Lipinski definition) is 5. The molecule has 0 radical (unpaired) electrons. The summed E-state index contributed by atoms with van der Waals surface area (Å²) in [4.78, 5) is 6.90. The van der Waals surface area contributed by atoms with Crippen molar-refractivity contribution in [3.05, 3.63) is 42.4 Å². The molecule has 5 rings (SSSR count). The van der Waals surface area contributed by atoms with Gasteiger partial charge in [-0.1, -0.05) is 0 Å². The number of fused-ring (bicyclic) bond motifs is 1. The second-order valence-corrected chi connectivity index (χ2v) is 8.99. The molecular weight excluding hydrogens is 348 g/mol. The Balaban J connectivity index is 1.12. The predicted octanol–water partition coefficient (Wildman–Crippen LogP) is 3.47. The van der Waals surface area contributed by atoms with Crippen molar-refractivity contribution in [2.45, 2.75) is 32.1 Å². The van der Waals surface area contributed by atoms with Crippen molar-refractivity contribution in [1.82, 2.24) is 20.1 Å². The highest BCUT2D eigenvalue weighted by Gasteiger charge is 2.41. The third kappa shape index (κ3) is 4.11. The molecule has 5 heteroatoms. The Kier molecular flexibility index (Phi) is 5.37. The lowest BCUT2D eigenvalue weighted by atomic mass is 9.98. The van der Waals surface area contributed by atoms with E-state index in [9.17, 15) is 0 Å². The number of rotatable bonds is 5. The van der Waals surface area contributed by atoms with Gasteiger partial charge in [0.15, 0.2) is 0 Å². The average molecular weight is 379 g/mol. The topological polar surface area (TPSA) is 51.1 Å². The average Bonchev–Trinajstić information content (AvgIpc) is 3.28. The number of ether oxygens (including phenoxy) is 1. The monoisotopic (exact) mass is 378 g/mol. The highest BCUT2D eigenvalue weighted by Crippen LogP contribution is 2.43. The first-order valence-electron chi connectivity index (χ1n) is 10.9. The van der Waals surface area contributed by atoms with Crippen molar-refractivity contribution < 1.29 is 4.74 Å². The van der Waals surface area contributed by atoms with E-state index in [0.717, 1.165) is 60.3 Å². The summed E-state index contributed by atoms with van der Waals surface area (Å²) in [5.41, 5.74) is 3.07. The number of aromatic nitrogens is 3. The SMILES string of the molecule is c1cncc(-c2ccc(CC3C[C@@H]4CN(CC5CCOCC5)C[C@@H]4C3)nn2)c1. The molecule has 0 N–H and O–H groups in total. The van der Waals surface area contributed by atoms with E-state index in [1.54, 1.807) is 6.20 Å². The van der Waals surface area contributed by atoms with Crippen molar-refractivity contribution in [1.29, 1.82) is 0 Å². The van der Waals surface area contributed by atoms with E-state index in [1.165, 1.54) is 45.3 Å². The Morgan fingerprint density at radius 2 is 1.79 bits per heavy atom. The van der Waals surface area contributed by atoms with Crippen LogP contribution in [0.25, 0.3) is 11.3 Å². The second kappa shape index (κ2) is 8.26. The summed E-state index contributed by atoms with van der Waals surface area (Å²) in [7, 11) is 0. The van der Waals surface area contributed by atoms with E-state index in [4.69, 9.17) is 4.74 Å². The van der Waals surface area contributed by atoms with Gasteiger partial charge < -0.3 is 9.64 Å². The standard InChI is InChI=1S/C23H30N4O/c1-2-19(13-24-7-1)23-4-3-22(25-26-23)12-18-10-20-15-27(16-21(20)11-18)14-17-5-8-28-9-6-17/h1-4,7,13,17-18,20-21H,5-6,8-12,14-16H2/t18?,20-,21+. The fourth-order valence-corrected chi connectivity index (χ4v) is 5.57. The van der Waals surface area contributed by atoms with Crippen molar-refractivity contribution in [2.75, 3.05) is 32.8 Å². The molecule has 4 heterocycles. The highest BCUT2D eigenvalue weighted by molar-refractivity contribution is 5.56. The Morgan fingerprint density at radius 3 is 2.46 bits per heavy atom. The van der Waals surface area contributed by atoms with Crippen LogP contribution in [0.4, 0.5) is 0 Å². The zero-order valence-electron chi connectivity index (χ0n) is 16.5. The summed E-state index contributed by atoms with van der Waals surface area (Å²) >= 11 is 0. The van der Waals surface area contributed by atoms with Crippen LogP contribution in [-0.2, 0) is 11.2 Å². The largest absolute Gasteiger partial charge is 0.381 e. The lowest BCUT2D eigenvalue weighted by molar-refractivity contribution is 0.0544. The normalized spacial score (nSPS) is 28.5. The molecule has 3 aliphatic rings. The Hall–Kier alpha value is -1.85. The molecule has 5 nitrogen and oxygen atoms in total. The maximum absolute atomic E-state index is 5.51. The van der Waals surface area contributed by atoms with Gasteiger partial charge >= 0.3 is 0 Å². The molecule has 1 aliphatic carbocycles. The predicted molar refractivity (Wildman–Crippen MR) is 109 cm³/mol. The third-order valence-electron chi connectivity index (χ3n) is 6.96. The van der Waals surface area contributed by atoms with Gasteiger partial charge in [0.1, 0.15) is 0 Å². The third-order valence-corrected chi connectivity index (χ3v) is 6.96. The lowest BCUT2D eigenvalue weighted by Crippen LogP contribution is -2.31. The first-order valence-corrected chi connectivity index (χ1v) is 10.9. The molecule has 0 spiro atoms. The minimum absolute atomic E-state index is 0.777. The summed E-state index contributed by atoms with van der Waals surface area (Å²) in [5.74, 6) is 3.43. The first-order chi connectivity index (χ1) is 13.8. The molecule has 1 unspecified atom stereocenters. The molecule has 3 fully saturated rings. The van der Waals surface area contributed by atoms with Gasteiger partial charge in [0.25, 0.3) is 0 Å². The molecular formula is C23H30N4O. The molecule has 0 amide bonds. The fraction of sp³-hybridized carbons (Fsp3) is 0.609. The van der Waals surface area contributed by atoms with Crippen LogP contribution in [0, 0.1) is 23.7 Å². The molecule has 0 aromatic carbocycles. The van der Waals surface area contributed by atoms with Crippen molar-refractivity contribution in [3.63, 3.8) is 0 Å². The highest BCUT2D eigenvalue weighted by atomic mass is 16.5. The van der Waals surface area contributed by atoms with E-state index in [2.05, 4.69) is 32.2 Å². The minimum atomic E-state index is 0.777. The molecule has 2 aromatic heterocycles. The molecule has 3 atom stereocenters. The van der Waals surface area contributed by atoms with E-state index in [0.29, 0.717) is 0 Å². The Bertz CT molecular complexity index is 746. The summed E-state index contributed by atoms with van der Waals surface area (Å²) in [6.45, 7) is 5.85. The van der Waals surface area contributed by atoms with E-state index < -0.39 is 0 Å². The first kappa shape index (κ1) is 18.2. The van der Waals surface area contributed by atoms with Gasteiger partial charge in [0.2, 0.25) is 0 Å². The number of likely N-dealkylation sites (tertiary alicyclic amines) is 1. The van der Waals surface area contributed by atoms with Crippen LogP contribution in [0.1, 0.15) is 31.4 Å². The maximum Gasteiger partial charge on any atom is 0.0945 e. The number of nitrogens with zero attached hydrogens (tertiary/aromatic N) is 4. The Labute approximate surface area is 167 Å². The van der Waals surface area contributed by atoms with Crippen LogP contribution in [0.2, 0.25) is 0 Å². The summed E-state index contributed by atoms with van der Waals surface area (Å²) < 4.78 is 5.51. The summed E-state index contributed by atoms with van der Waals surface area (Å²) in [6.07, 6.45) is 9.93. The summed E-state index contributed by atoms with van der Waals surface area (Å²) in [5, 5.41) is 8.94. The molecule has 2 aromatic rings. The number of hydrogen-bond donors (Lipinski definition) is 0. The van der Waals surface area contributed by atoms with Crippen LogP contribution >= 0.6 is 0 Å². The van der Waals surface area contributed by atoms with Crippen LogP contribution in [-0.4, -0.2) is 52.9 Å².